The minimum atomic E-state index is -2.64. The molecule has 0 aliphatic heterocycles. The number of phenols is 1. The third-order valence-electron chi connectivity index (χ3n) is 1.63. The van der Waals surface area contributed by atoms with Crippen LogP contribution >= 0.6 is 0 Å². The third-order valence-corrected chi connectivity index (χ3v) is 1.99. The zero-order valence-corrected chi connectivity index (χ0v) is 8.63. The van der Waals surface area contributed by atoms with Crippen LogP contribution in [0.5, 0.6) is 5.75 Å². The van der Waals surface area contributed by atoms with Gasteiger partial charge in [0.15, 0.2) is 0 Å². The summed E-state index contributed by atoms with van der Waals surface area (Å²) in [5, 5.41) is 11.4. The number of carbonyl (C=O) groups is 1. The number of amides is 2. The van der Waals surface area contributed by atoms with Gasteiger partial charge in [-0.1, -0.05) is 0 Å². The molecule has 6 nitrogen and oxygen atoms in total. The summed E-state index contributed by atoms with van der Waals surface area (Å²) in [6.45, 7) is 1.67. The fraction of sp³-hybridized carbons (Fsp3) is 0.125. The molecule has 0 spiro atoms. The summed E-state index contributed by atoms with van der Waals surface area (Å²) in [4.78, 5) is 11.0. The molecule has 0 saturated carbocycles. The standard InChI is InChI=1S/C8H10N2O4S/c1-5-4-6(11)2-3-7(5)9-8(12)10-15(13)14/h2-4,11H,1H3,(H,13,14)(H2,9,10,12)/p-1. The van der Waals surface area contributed by atoms with E-state index in [1.165, 1.54) is 18.2 Å². The Kier molecular flexibility index (Phi) is 3.64. The highest BCUT2D eigenvalue weighted by Gasteiger charge is 2.04. The van der Waals surface area contributed by atoms with E-state index in [1.807, 2.05) is 0 Å². The van der Waals surface area contributed by atoms with E-state index in [2.05, 4.69) is 5.32 Å². The lowest BCUT2D eigenvalue weighted by atomic mass is 10.2. The molecule has 0 aromatic heterocycles. The second-order valence-corrected chi connectivity index (χ2v) is 3.46. The number of nitrogens with one attached hydrogen (secondary N) is 2. The van der Waals surface area contributed by atoms with Gasteiger partial charge in [-0.2, -0.15) is 0 Å². The lowest BCUT2D eigenvalue weighted by Gasteiger charge is -2.10. The van der Waals surface area contributed by atoms with Crippen LogP contribution in [0.15, 0.2) is 18.2 Å². The lowest BCUT2D eigenvalue weighted by molar-refractivity contribution is 0.256. The smallest absolute Gasteiger partial charge is 0.330 e. The highest BCUT2D eigenvalue weighted by atomic mass is 32.2. The number of benzene rings is 1. The summed E-state index contributed by atoms with van der Waals surface area (Å²) < 4.78 is 21.9. The number of rotatable bonds is 2. The number of carbonyl (C=O) groups excluding carboxylic acids is 1. The van der Waals surface area contributed by atoms with Crippen LogP contribution in [-0.4, -0.2) is 19.9 Å². The molecule has 15 heavy (non-hydrogen) atoms. The molecule has 0 heterocycles. The molecule has 1 aromatic carbocycles. The van der Waals surface area contributed by atoms with E-state index in [9.17, 15) is 13.6 Å². The van der Waals surface area contributed by atoms with Gasteiger partial charge in [-0.25, -0.2) is 4.79 Å². The molecule has 0 aliphatic carbocycles. The van der Waals surface area contributed by atoms with E-state index in [0.29, 0.717) is 11.3 Å². The zero-order valence-electron chi connectivity index (χ0n) is 7.81. The van der Waals surface area contributed by atoms with Crippen molar-refractivity contribution in [2.75, 3.05) is 5.32 Å². The van der Waals surface area contributed by atoms with Crippen LogP contribution in [0.25, 0.3) is 0 Å². The van der Waals surface area contributed by atoms with Gasteiger partial charge in [0.2, 0.25) is 0 Å². The van der Waals surface area contributed by atoms with Crippen molar-refractivity contribution in [2.24, 2.45) is 0 Å². The maximum atomic E-state index is 11.0. The fourth-order valence-corrected chi connectivity index (χ4v) is 1.21. The molecule has 0 bridgehead atoms. The zero-order chi connectivity index (χ0) is 11.4. The van der Waals surface area contributed by atoms with E-state index in [4.69, 9.17) is 5.11 Å². The molecule has 3 N–H and O–H groups in total. The molecule has 7 heteroatoms. The Morgan fingerprint density at radius 1 is 1.53 bits per heavy atom. The molecular formula is C8H9N2O4S-. The molecular weight excluding hydrogens is 220 g/mol. The molecule has 0 saturated heterocycles. The molecule has 1 atom stereocenters. The minimum absolute atomic E-state index is 0.0749. The first-order chi connectivity index (χ1) is 6.99. The van der Waals surface area contributed by atoms with Crippen molar-refractivity contribution in [3.05, 3.63) is 23.8 Å². The van der Waals surface area contributed by atoms with Crippen LogP contribution in [-0.2, 0) is 11.3 Å². The molecule has 0 aliphatic rings. The summed E-state index contributed by atoms with van der Waals surface area (Å²) in [7, 11) is 0. The van der Waals surface area contributed by atoms with E-state index >= 15 is 0 Å². The van der Waals surface area contributed by atoms with Gasteiger partial charge in [-0.3, -0.25) is 8.93 Å². The average molecular weight is 229 g/mol. The van der Waals surface area contributed by atoms with Gasteiger partial charge < -0.3 is 15.0 Å². The molecule has 0 fully saturated rings. The second-order valence-electron chi connectivity index (χ2n) is 2.79. The number of urea groups is 1. The summed E-state index contributed by atoms with van der Waals surface area (Å²) in [6.07, 6.45) is 0. The maximum absolute atomic E-state index is 11.0. The first-order valence-corrected chi connectivity index (χ1v) is 5.03. The predicted molar refractivity (Wildman–Crippen MR) is 53.9 cm³/mol. The van der Waals surface area contributed by atoms with Crippen LogP contribution in [0.2, 0.25) is 0 Å². The van der Waals surface area contributed by atoms with Crippen molar-refractivity contribution >= 4 is 23.0 Å². The second kappa shape index (κ2) is 4.76. The Hall–Kier alpha value is -1.60. The van der Waals surface area contributed by atoms with Gasteiger partial charge in [0, 0.05) is 17.0 Å². The fourth-order valence-electron chi connectivity index (χ4n) is 1.01. The minimum Gasteiger partial charge on any atom is -0.755 e. The van der Waals surface area contributed by atoms with Crippen molar-refractivity contribution in [3.8, 4) is 5.75 Å². The van der Waals surface area contributed by atoms with Crippen LogP contribution in [0, 0.1) is 6.92 Å². The SMILES string of the molecule is Cc1cc(O)ccc1NC(=O)NS(=O)[O-]. The highest BCUT2D eigenvalue weighted by Crippen LogP contribution is 2.19. The van der Waals surface area contributed by atoms with Gasteiger partial charge in [0.05, 0.1) is 0 Å². The van der Waals surface area contributed by atoms with Crippen molar-refractivity contribution in [3.63, 3.8) is 0 Å². The summed E-state index contributed by atoms with van der Waals surface area (Å²) in [6, 6.07) is 3.45. The average Bonchev–Trinajstić information content (AvgIpc) is 2.08. The van der Waals surface area contributed by atoms with Crippen molar-refractivity contribution < 1.29 is 18.7 Å². The van der Waals surface area contributed by atoms with Crippen molar-refractivity contribution in [2.45, 2.75) is 6.92 Å². The van der Waals surface area contributed by atoms with Crippen LogP contribution < -0.4 is 10.0 Å². The summed E-state index contributed by atoms with van der Waals surface area (Å²) in [5.74, 6) is 0.0749. The third kappa shape index (κ3) is 3.56. The number of hydrogen-bond acceptors (Lipinski definition) is 4. The molecule has 1 unspecified atom stereocenters. The quantitative estimate of drug-likeness (QED) is 0.511. The van der Waals surface area contributed by atoms with Crippen LogP contribution in [0.4, 0.5) is 10.5 Å². The van der Waals surface area contributed by atoms with Crippen LogP contribution in [0.3, 0.4) is 0 Å². The highest BCUT2D eigenvalue weighted by molar-refractivity contribution is 7.77. The van der Waals surface area contributed by atoms with E-state index in [-0.39, 0.29) is 5.75 Å². The van der Waals surface area contributed by atoms with Gasteiger partial charge in [0.1, 0.15) is 5.75 Å². The number of hydrogen-bond donors (Lipinski definition) is 3. The topological polar surface area (TPSA) is 101 Å². The van der Waals surface area contributed by atoms with E-state index < -0.39 is 17.3 Å². The molecule has 2 amide bonds. The van der Waals surface area contributed by atoms with Gasteiger partial charge in [-0.05, 0) is 30.7 Å². The Labute approximate surface area is 88.7 Å². The lowest BCUT2D eigenvalue weighted by Crippen LogP contribution is -2.30. The largest absolute Gasteiger partial charge is 0.755 e. The maximum Gasteiger partial charge on any atom is 0.330 e. The van der Waals surface area contributed by atoms with Gasteiger partial charge in [-0.15, -0.1) is 0 Å². The Balaban J connectivity index is 2.72. The van der Waals surface area contributed by atoms with E-state index in [0.717, 1.165) is 0 Å². The number of aromatic hydroxyl groups is 1. The number of aryl methyl sites for hydroxylation is 1. The molecule has 0 radical (unpaired) electrons. The monoisotopic (exact) mass is 229 g/mol. The first kappa shape index (κ1) is 11.5. The summed E-state index contributed by atoms with van der Waals surface area (Å²) >= 11 is -2.64. The van der Waals surface area contributed by atoms with E-state index in [1.54, 1.807) is 11.6 Å². The first-order valence-electron chi connectivity index (χ1n) is 3.95. The predicted octanol–water partition coefficient (Wildman–Crippen LogP) is 0.616. The Bertz CT molecular complexity index is 408. The van der Waals surface area contributed by atoms with Gasteiger partial charge >= 0.3 is 6.03 Å². The normalized spacial score (nSPS) is 11.9. The Morgan fingerprint density at radius 3 is 2.73 bits per heavy atom. The molecule has 1 aromatic rings. The Morgan fingerprint density at radius 2 is 2.20 bits per heavy atom. The van der Waals surface area contributed by atoms with Crippen molar-refractivity contribution in [1.82, 2.24) is 4.72 Å². The molecule has 82 valence electrons. The van der Waals surface area contributed by atoms with Gasteiger partial charge in [0.25, 0.3) is 0 Å². The molecule has 1 rings (SSSR count). The van der Waals surface area contributed by atoms with Crippen molar-refractivity contribution in [1.29, 1.82) is 0 Å². The summed E-state index contributed by atoms with van der Waals surface area (Å²) in [5.41, 5.74) is 1.05. The number of phenolic OH excluding ortho intramolecular Hbond substituents is 1. The number of anilines is 1. The van der Waals surface area contributed by atoms with Crippen LogP contribution in [0.1, 0.15) is 5.56 Å².